The first-order valence-electron chi connectivity index (χ1n) is 9.62. The molecule has 7 heteroatoms. The van der Waals surface area contributed by atoms with Gasteiger partial charge in [0.25, 0.3) is 0 Å². The van der Waals surface area contributed by atoms with E-state index in [0.717, 1.165) is 67.8 Å². The molecule has 6 nitrogen and oxygen atoms in total. The van der Waals surface area contributed by atoms with Crippen molar-refractivity contribution in [2.24, 2.45) is 0 Å². The predicted octanol–water partition coefficient (Wildman–Crippen LogP) is 3.74. The minimum absolute atomic E-state index is 0.410. The van der Waals surface area contributed by atoms with Crippen molar-refractivity contribution in [1.82, 2.24) is 24.5 Å². The standard InChI is InChI=1S/C20H26N6S/c1-4-18-14(2)23-15(3)24-20(18)25-8-5-6-16(10-25)19-21-7-9-26(19)11-17-12-27-13-22-17/h7,9,12-13,16H,4-6,8,10-11H2,1-3H3. The van der Waals surface area contributed by atoms with Gasteiger partial charge in [-0.1, -0.05) is 6.92 Å². The van der Waals surface area contributed by atoms with E-state index in [0.29, 0.717) is 5.92 Å². The molecule has 3 aromatic rings. The Labute approximate surface area is 164 Å². The fraction of sp³-hybridized carbons (Fsp3) is 0.500. The fourth-order valence-corrected chi connectivity index (χ4v) is 4.63. The van der Waals surface area contributed by atoms with Crippen LogP contribution in [-0.2, 0) is 13.0 Å². The van der Waals surface area contributed by atoms with E-state index < -0.39 is 0 Å². The summed E-state index contributed by atoms with van der Waals surface area (Å²) in [6.45, 7) is 9.06. The molecule has 0 radical (unpaired) electrons. The maximum atomic E-state index is 4.81. The zero-order valence-electron chi connectivity index (χ0n) is 16.2. The first kappa shape index (κ1) is 18.1. The van der Waals surface area contributed by atoms with Crippen LogP contribution in [0, 0.1) is 13.8 Å². The number of aromatic nitrogens is 5. The average molecular weight is 383 g/mol. The van der Waals surface area contributed by atoms with E-state index in [1.807, 2.05) is 18.6 Å². The van der Waals surface area contributed by atoms with Crippen LogP contribution < -0.4 is 4.90 Å². The van der Waals surface area contributed by atoms with Crippen LogP contribution in [0.1, 0.15) is 54.3 Å². The lowest BCUT2D eigenvalue weighted by Gasteiger charge is -2.35. The van der Waals surface area contributed by atoms with Crippen molar-refractivity contribution < 1.29 is 0 Å². The molecule has 1 fully saturated rings. The summed E-state index contributed by atoms with van der Waals surface area (Å²) in [7, 11) is 0. The van der Waals surface area contributed by atoms with E-state index in [1.54, 1.807) is 11.3 Å². The maximum absolute atomic E-state index is 4.81. The third-order valence-electron chi connectivity index (χ3n) is 5.31. The molecule has 0 aromatic carbocycles. The molecule has 0 amide bonds. The molecule has 142 valence electrons. The largest absolute Gasteiger partial charge is 0.356 e. The van der Waals surface area contributed by atoms with Gasteiger partial charge in [0.15, 0.2) is 0 Å². The van der Waals surface area contributed by atoms with Crippen molar-refractivity contribution in [2.75, 3.05) is 18.0 Å². The van der Waals surface area contributed by atoms with Gasteiger partial charge in [0.1, 0.15) is 17.5 Å². The smallest absolute Gasteiger partial charge is 0.135 e. The number of rotatable bonds is 5. The quantitative estimate of drug-likeness (QED) is 0.673. The summed E-state index contributed by atoms with van der Waals surface area (Å²) in [4.78, 5) is 20.9. The third-order valence-corrected chi connectivity index (χ3v) is 5.94. The zero-order valence-corrected chi connectivity index (χ0v) is 17.0. The molecule has 1 aliphatic heterocycles. The van der Waals surface area contributed by atoms with Crippen molar-refractivity contribution in [2.45, 2.75) is 52.5 Å². The van der Waals surface area contributed by atoms with E-state index in [4.69, 9.17) is 9.97 Å². The number of hydrogen-bond donors (Lipinski definition) is 0. The highest BCUT2D eigenvalue weighted by molar-refractivity contribution is 7.07. The molecule has 1 saturated heterocycles. The van der Waals surface area contributed by atoms with Crippen molar-refractivity contribution in [3.05, 3.63) is 51.9 Å². The molecule has 0 bridgehead atoms. The average Bonchev–Trinajstić information content (AvgIpc) is 3.34. The Morgan fingerprint density at radius 3 is 2.89 bits per heavy atom. The lowest BCUT2D eigenvalue weighted by Crippen LogP contribution is -2.37. The van der Waals surface area contributed by atoms with Gasteiger partial charge >= 0.3 is 0 Å². The van der Waals surface area contributed by atoms with Crippen LogP contribution in [0.5, 0.6) is 0 Å². The number of imidazole rings is 1. The molecule has 3 aromatic heterocycles. The Hall–Kier alpha value is -2.28. The van der Waals surface area contributed by atoms with Gasteiger partial charge < -0.3 is 9.47 Å². The second-order valence-corrected chi connectivity index (χ2v) is 7.91. The molecular formula is C20H26N6S. The second kappa shape index (κ2) is 7.76. The molecular weight excluding hydrogens is 356 g/mol. The van der Waals surface area contributed by atoms with Crippen LogP contribution in [0.4, 0.5) is 5.82 Å². The van der Waals surface area contributed by atoms with Gasteiger partial charge in [0.2, 0.25) is 0 Å². The third kappa shape index (κ3) is 3.74. The number of aryl methyl sites for hydroxylation is 2. The van der Waals surface area contributed by atoms with Crippen LogP contribution in [0.15, 0.2) is 23.3 Å². The van der Waals surface area contributed by atoms with Crippen LogP contribution >= 0.6 is 11.3 Å². The van der Waals surface area contributed by atoms with Crippen molar-refractivity contribution in [3.8, 4) is 0 Å². The molecule has 0 spiro atoms. The molecule has 1 unspecified atom stereocenters. The number of nitrogens with zero attached hydrogens (tertiary/aromatic N) is 6. The predicted molar refractivity (Wildman–Crippen MR) is 109 cm³/mol. The highest BCUT2D eigenvalue weighted by atomic mass is 32.1. The summed E-state index contributed by atoms with van der Waals surface area (Å²) in [6, 6.07) is 0. The van der Waals surface area contributed by atoms with Gasteiger partial charge in [-0.15, -0.1) is 11.3 Å². The second-order valence-electron chi connectivity index (χ2n) is 7.19. The van der Waals surface area contributed by atoms with Crippen molar-refractivity contribution in [3.63, 3.8) is 0 Å². The van der Waals surface area contributed by atoms with Gasteiger partial charge in [-0.3, -0.25) is 0 Å². The molecule has 4 heterocycles. The van der Waals surface area contributed by atoms with E-state index >= 15 is 0 Å². The van der Waals surface area contributed by atoms with Crippen LogP contribution in [0.25, 0.3) is 0 Å². The highest BCUT2D eigenvalue weighted by Crippen LogP contribution is 2.31. The Kier molecular flexibility index (Phi) is 5.20. The van der Waals surface area contributed by atoms with Gasteiger partial charge in [-0.2, -0.15) is 0 Å². The Morgan fingerprint density at radius 1 is 1.22 bits per heavy atom. The summed E-state index contributed by atoms with van der Waals surface area (Å²) in [5.74, 6) is 3.54. The molecule has 1 aliphatic rings. The zero-order chi connectivity index (χ0) is 18.8. The normalized spacial score (nSPS) is 17.4. The van der Waals surface area contributed by atoms with Gasteiger partial charge in [0, 0.05) is 48.0 Å². The molecule has 0 N–H and O–H groups in total. The maximum Gasteiger partial charge on any atom is 0.135 e. The topological polar surface area (TPSA) is 59.7 Å². The summed E-state index contributed by atoms with van der Waals surface area (Å²) in [5, 5.41) is 2.11. The molecule has 1 atom stereocenters. The van der Waals surface area contributed by atoms with Crippen molar-refractivity contribution in [1.29, 1.82) is 0 Å². The summed E-state index contributed by atoms with van der Waals surface area (Å²) in [6.07, 6.45) is 7.26. The minimum Gasteiger partial charge on any atom is -0.356 e. The van der Waals surface area contributed by atoms with E-state index in [1.165, 1.54) is 5.56 Å². The number of anilines is 1. The van der Waals surface area contributed by atoms with Crippen molar-refractivity contribution >= 4 is 17.2 Å². The SMILES string of the molecule is CCc1c(C)nc(C)nc1N1CCCC(c2nccn2Cc2cscn2)C1. The van der Waals surface area contributed by atoms with Gasteiger partial charge in [-0.05, 0) is 33.1 Å². The monoisotopic (exact) mass is 382 g/mol. The highest BCUT2D eigenvalue weighted by Gasteiger charge is 2.27. The number of piperidine rings is 1. The first-order chi connectivity index (χ1) is 13.2. The summed E-state index contributed by atoms with van der Waals surface area (Å²) >= 11 is 1.64. The number of thiazole rings is 1. The summed E-state index contributed by atoms with van der Waals surface area (Å²) < 4.78 is 2.25. The van der Waals surface area contributed by atoms with E-state index in [-0.39, 0.29) is 0 Å². The Bertz CT molecular complexity index is 901. The Balaban J connectivity index is 1.59. The van der Waals surface area contributed by atoms with Crippen LogP contribution in [0.3, 0.4) is 0 Å². The number of hydrogen-bond acceptors (Lipinski definition) is 6. The Morgan fingerprint density at radius 2 is 2.11 bits per heavy atom. The fourth-order valence-electron chi connectivity index (χ4n) is 4.08. The van der Waals surface area contributed by atoms with Gasteiger partial charge in [0.05, 0.1) is 17.7 Å². The molecule has 0 aliphatic carbocycles. The molecule has 27 heavy (non-hydrogen) atoms. The summed E-state index contributed by atoms with van der Waals surface area (Å²) in [5.41, 5.74) is 5.36. The lowest BCUT2D eigenvalue weighted by atomic mass is 9.96. The van der Waals surface area contributed by atoms with Gasteiger partial charge in [-0.25, -0.2) is 19.9 Å². The molecule has 0 saturated carbocycles. The molecule has 4 rings (SSSR count). The van der Waals surface area contributed by atoms with E-state index in [9.17, 15) is 0 Å². The van der Waals surface area contributed by atoms with Crippen LogP contribution in [0.2, 0.25) is 0 Å². The first-order valence-corrected chi connectivity index (χ1v) is 10.6. The van der Waals surface area contributed by atoms with Crippen LogP contribution in [-0.4, -0.2) is 37.6 Å². The lowest BCUT2D eigenvalue weighted by molar-refractivity contribution is 0.472. The van der Waals surface area contributed by atoms with E-state index in [2.05, 4.69) is 44.9 Å². The minimum atomic E-state index is 0.410.